The van der Waals surface area contributed by atoms with E-state index >= 15 is 0 Å². The summed E-state index contributed by atoms with van der Waals surface area (Å²) in [5.41, 5.74) is 4.06. The van der Waals surface area contributed by atoms with Gasteiger partial charge >= 0.3 is 0 Å². The van der Waals surface area contributed by atoms with Crippen LogP contribution in [0.15, 0.2) is 53.5 Å². The minimum absolute atomic E-state index is 0.712. The monoisotopic (exact) mass is 223 g/mol. The molecule has 0 saturated heterocycles. The molecule has 2 aromatic carbocycles. The Kier molecular flexibility index (Phi) is 3.49. The Balaban J connectivity index is 2.35. The topological polar surface area (TPSA) is 29.4 Å². The minimum atomic E-state index is 0.712. The molecule has 0 aliphatic heterocycles. The molecule has 0 atom stereocenters. The summed E-state index contributed by atoms with van der Waals surface area (Å²) in [4.78, 5) is 14.2. The van der Waals surface area contributed by atoms with Crippen LogP contribution in [0, 0.1) is 6.92 Å². The first-order chi connectivity index (χ1) is 8.29. The van der Waals surface area contributed by atoms with Gasteiger partial charge in [-0.05, 0) is 36.1 Å². The molecule has 2 nitrogen and oxygen atoms in total. The zero-order chi connectivity index (χ0) is 12.1. The molecule has 2 aromatic rings. The number of isocyanates is 1. The van der Waals surface area contributed by atoms with E-state index in [-0.39, 0.29) is 0 Å². The van der Waals surface area contributed by atoms with Gasteiger partial charge in [0.1, 0.15) is 0 Å². The highest BCUT2D eigenvalue weighted by atomic mass is 16.1. The Hall–Kier alpha value is -2.18. The van der Waals surface area contributed by atoms with Crippen LogP contribution in [0.1, 0.15) is 16.7 Å². The number of aryl methyl sites for hydroxylation is 1. The summed E-state index contributed by atoms with van der Waals surface area (Å²) in [5, 5.41) is 0. The zero-order valence-electron chi connectivity index (χ0n) is 9.68. The van der Waals surface area contributed by atoms with Crippen LogP contribution >= 0.6 is 0 Å². The molecule has 0 aliphatic rings. The van der Waals surface area contributed by atoms with Crippen LogP contribution < -0.4 is 0 Å². The normalized spacial score (nSPS) is 9.71. The zero-order valence-corrected chi connectivity index (χ0v) is 9.68. The van der Waals surface area contributed by atoms with E-state index < -0.39 is 0 Å². The molecule has 0 N–H and O–H groups in total. The number of benzene rings is 2. The van der Waals surface area contributed by atoms with Crippen LogP contribution in [0.25, 0.3) is 0 Å². The SMILES string of the molecule is Cc1ccc(Cc2ccccc2)c(N=C=O)c1. The molecule has 2 rings (SSSR count). The Morgan fingerprint density at radius 1 is 1.12 bits per heavy atom. The number of carbonyl (C=O) groups excluding carboxylic acids is 1. The van der Waals surface area contributed by atoms with Gasteiger partial charge in [0, 0.05) is 0 Å². The molecule has 0 radical (unpaired) electrons. The number of nitrogens with zero attached hydrogens (tertiary/aromatic N) is 1. The Bertz CT molecular complexity index is 554. The number of aliphatic imine (C=N–C) groups is 1. The average molecular weight is 223 g/mol. The fraction of sp³-hybridized carbons (Fsp3) is 0.133. The molecule has 0 heterocycles. The maximum Gasteiger partial charge on any atom is 0.240 e. The van der Waals surface area contributed by atoms with Gasteiger partial charge in [-0.2, -0.15) is 4.99 Å². The fourth-order valence-corrected chi connectivity index (χ4v) is 1.79. The maximum atomic E-state index is 10.4. The molecule has 0 saturated carbocycles. The van der Waals surface area contributed by atoms with E-state index in [1.807, 2.05) is 43.3 Å². The molecule has 0 unspecified atom stereocenters. The van der Waals surface area contributed by atoms with Crippen LogP contribution in [0.2, 0.25) is 0 Å². The maximum absolute atomic E-state index is 10.4. The Morgan fingerprint density at radius 3 is 2.59 bits per heavy atom. The number of rotatable bonds is 3. The highest BCUT2D eigenvalue weighted by Gasteiger charge is 2.03. The van der Waals surface area contributed by atoms with Crippen LogP contribution in [0.5, 0.6) is 0 Å². The van der Waals surface area contributed by atoms with Crippen molar-refractivity contribution in [3.05, 3.63) is 65.2 Å². The van der Waals surface area contributed by atoms with Crippen LogP contribution in [0.4, 0.5) is 5.69 Å². The summed E-state index contributed by atoms with van der Waals surface area (Å²) in [7, 11) is 0. The Labute approximate surface area is 101 Å². The third kappa shape index (κ3) is 2.90. The summed E-state index contributed by atoms with van der Waals surface area (Å²) < 4.78 is 0. The van der Waals surface area contributed by atoms with Gasteiger partial charge in [0.15, 0.2) is 0 Å². The van der Waals surface area contributed by atoms with Gasteiger partial charge in [-0.15, -0.1) is 0 Å². The van der Waals surface area contributed by atoms with Crippen molar-refractivity contribution in [1.82, 2.24) is 0 Å². The highest BCUT2D eigenvalue weighted by molar-refractivity contribution is 5.56. The molecule has 0 amide bonds. The molecule has 0 spiro atoms. The summed E-state index contributed by atoms with van der Waals surface area (Å²) >= 11 is 0. The third-order valence-corrected chi connectivity index (χ3v) is 2.64. The van der Waals surface area contributed by atoms with E-state index in [2.05, 4.69) is 17.1 Å². The van der Waals surface area contributed by atoms with E-state index in [0.717, 1.165) is 17.5 Å². The van der Waals surface area contributed by atoms with Gasteiger partial charge in [-0.25, -0.2) is 4.79 Å². The van der Waals surface area contributed by atoms with Crippen molar-refractivity contribution in [2.24, 2.45) is 4.99 Å². The van der Waals surface area contributed by atoms with Gasteiger partial charge < -0.3 is 0 Å². The quantitative estimate of drug-likeness (QED) is 0.578. The summed E-state index contributed by atoms with van der Waals surface area (Å²) in [5.74, 6) is 0. The first-order valence-electron chi connectivity index (χ1n) is 5.51. The second-order valence-corrected chi connectivity index (χ2v) is 4.00. The molecule has 84 valence electrons. The number of hydrogen-bond donors (Lipinski definition) is 0. The molecule has 17 heavy (non-hydrogen) atoms. The van der Waals surface area contributed by atoms with Crippen molar-refractivity contribution in [2.45, 2.75) is 13.3 Å². The molecular weight excluding hydrogens is 210 g/mol. The van der Waals surface area contributed by atoms with Crippen LogP contribution in [-0.4, -0.2) is 6.08 Å². The molecule has 0 aromatic heterocycles. The molecule has 0 bridgehead atoms. The smallest absolute Gasteiger partial charge is 0.211 e. The fourth-order valence-electron chi connectivity index (χ4n) is 1.79. The molecule has 0 fully saturated rings. The van der Waals surface area contributed by atoms with E-state index in [9.17, 15) is 4.79 Å². The molecular formula is C15H13NO. The minimum Gasteiger partial charge on any atom is -0.211 e. The first-order valence-corrected chi connectivity index (χ1v) is 5.51. The van der Waals surface area contributed by atoms with Crippen LogP contribution in [-0.2, 0) is 11.2 Å². The van der Waals surface area contributed by atoms with E-state index in [1.165, 1.54) is 5.56 Å². The van der Waals surface area contributed by atoms with Crippen molar-refractivity contribution in [3.8, 4) is 0 Å². The van der Waals surface area contributed by atoms with Crippen molar-refractivity contribution in [3.63, 3.8) is 0 Å². The lowest BCUT2D eigenvalue weighted by atomic mass is 10.0. The standard InChI is InChI=1S/C15H13NO/c1-12-7-8-14(15(9-12)16-11-17)10-13-5-3-2-4-6-13/h2-9H,10H2,1H3. The van der Waals surface area contributed by atoms with E-state index in [0.29, 0.717) is 5.69 Å². The summed E-state index contributed by atoms with van der Waals surface area (Å²) in [6, 6.07) is 16.1. The lowest BCUT2D eigenvalue weighted by Gasteiger charge is -2.05. The van der Waals surface area contributed by atoms with Crippen molar-refractivity contribution in [2.75, 3.05) is 0 Å². The predicted molar refractivity (Wildman–Crippen MR) is 68.2 cm³/mol. The van der Waals surface area contributed by atoms with Gasteiger partial charge in [0.25, 0.3) is 0 Å². The van der Waals surface area contributed by atoms with Crippen molar-refractivity contribution >= 4 is 11.8 Å². The van der Waals surface area contributed by atoms with Gasteiger partial charge in [0.2, 0.25) is 6.08 Å². The molecule has 0 aliphatic carbocycles. The Morgan fingerprint density at radius 2 is 1.88 bits per heavy atom. The first kappa shape index (κ1) is 11.3. The van der Waals surface area contributed by atoms with Gasteiger partial charge in [-0.1, -0.05) is 42.5 Å². The largest absolute Gasteiger partial charge is 0.240 e. The second-order valence-electron chi connectivity index (χ2n) is 4.00. The number of hydrogen-bond acceptors (Lipinski definition) is 2. The second kappa shape index (κ2) is 5.24. The van der Waals surface area contributed by atoms with Gasteiger partial charge in [0.05, 0.1) is 5.69 Å². The average Bonchev–Trinajstić information content (AvgIpc) is 2.34. The van der Waals surface area contributed by atoms with E-state index in [4.69, 9.17) is 0 Å². The molecule has 2 heteroatoms. The summed E-state index contributed by atoms with van der Waals surface area (Å²) in [6.45, 7) is 1.98. The van der Waals surface area contributed by atoms with Crippen molar-refractivity contribution < 1.29 is 4.79 Å². The summed E-state index contributed by atoms with van der Waals surface area (Å²) in [6.07, 6.45) is 2.39. The van der Waals surface area contributed by atoms with E-state index in [1.54, 1.807) is 6.08 Å². The van der Waals surface area contributed by atoms with Crippen molar-refractivity contribution in [1.29, 1.82) is 0 Å². The van der Waals surface area contributed by atoms with Gasteiger partial charge in [-0.3, -0.25) is 0 Å². The lowest BCUT2D eigenvalue weighted by molar-refractivity contribution is 0.565. The lowest BCUT2D eigenvalue weighted by Crippen LogP contribution is -1.89. The third-order valence-electron chi connectivity index (χ3n) is 2.64. The highest BCUT2D eigenvalue weighted by Crippen LogP contribution is 2.23. The van der Waals surface area contributed by atoms with Crippen LogP contribution in [0.3, 0.4) is 0 Å². The predicted octanol–water partition coefficient (Wildman–Crippen LogP) is 3.55.